The Morgan fingerprint density at radius 1 is 1.05 bits per heavy atom. The molecule has 58 heavy (non-hydrogen) atoms. The molecule has 5 aliphatic rings. The molecule has 4 aliphatic heterocycles. The molecule has 1 saturated carbocycles. The van der Waals surface area contributed by atoms with Gasteiger partial charge in [-0.3, -0.25) is 14.8 Å². The van der Waals surface area contributed by atoms with Gasteiger partial charge in [0.15, 0.2) is 12.6 Å². The molecule has 306 valence electrons. The summed E-state index contributed by atoms with van der Waals surface area (Å²) in [6.07, 6.45) is 6.79. The van der Waals surface area contributed by atoms with E-state index >= 15 is 8.78 Å². The second kappa shape index (κ2) is 13.5. The van der Waals surface area contributed by atoms with E-state index in [4.69, 9.17) is 30.4 Å². The van der Waals surface area contributed by atoms with E-state index < -0.39 is 46.4 Å². The number of rotatable bonds is 8. The van der Waals surface area contributed by atoms with Crippen molar-refractivity contribution in [3.63, 3.8) is 0 Å². The van der Waals surface area contributed by atoms with Gasteiger partial charge in [-0.2, -0.15) is 9.97 Å². The summed E-state index contributed by atoms with van der Waals surface area (Å²) in [5.41, 5.74) is -3.28. The molecule has 1 spiro atoms. The van der Waals surface area contributed by atoms with Gasteiger partial charge in [-0.15, -0.1) is 6.42 Å². The number of benzene rings is 2. The number of aromatic nitrogens is 3. The van der Waals surface area contributed by atoms with Crippen LogP contribution in [-0.4, -0.2) is 113 Å². The van der Waals surface area contributed by atoms with Crippen molar-refractivity contribution in [3.05, 3.63) is 47.7 Å². The number of pyridine rings is 1. The first-order chi connectivity index (χ1) is 27.5. The van der Waals surface area contributed by atoms with Gasteiger partial charge in [0.2, 0.25) is 0 Å². The second-order valence-corrected chi connectivity index (χ2v) is 17.4. The molecule has 9 rings (SSSR count). The first kappa shape index (κ1) is 38.5. The number of carbonyl (C=O) groups excluding carboxylic acids is 1. The highest BCUT2D eigenvalue weighted by Crippen LogP contribution is 2.69. The molecular weight excluding hydrogens is 763 g/mol. The number of methoxy groups -OCH3 is 1. The van der Waals surface area contributed by atoms with E-state index in [0.29, 0.717) is 31.3 Å². The fourth-order valence-corrected chi connectivity index (χ4v) is 9.81. The Kier molecular flexibility index (Phi) is 8.98. The molecule has 6 heterocycles. The van der Waals surface area contributed by atoms with Crippen LogP contribution < -0.4 is 14.4 Å². The molecule has 4 saturated heterocycles. The highest BCUT2D eigenvalue weighted by atomic mass is 19.3. The summed E-state index contributed by atoms with van der Waals surface area (Å²) >= 11 is 0. The number of nitrogens with zero attached hydrogens (tertiary/aromatic N) is 6. The summed E-state index contributed by atoms with van der Waals surface area (Å²) in [7, 11) is 1.45. The standard InChI is InChI=1S/C42H43F5N6O5/c1-6-28-31(44)10-7-23-11-27(57-22-55-5)12-29(32(23)28)34-33(45)35-30(14-48-34)36(51-16-25-8-9-26(17-51)53(25)38(54)58-39(2,3)4)50-37(49-35)56-21-41-13-24(43)15-52(41)20-40(18-41)19-42(40,46)47/h1,7,10-12,14,24-26H,8-9,13,15-22H2,2-5H3/t24-,25?,26?,40-,41+/m1/s1. The van der Waals surface area contributed by atoms with E-state index in [2.05, 4.69) is 15.9 Å². The molecular formula is C42H43F5N6O5. The molecule has 1 aliphatic carbocycles. The quantitative estimate of drug-likeness (QED) is 0.103. The number of fused-ring (bicyclic) bond motifs is 5. The van der Waals surface area contributed by atoms with Crippen LogP contribution in [0.1, 0.15) is 58.4 Å². The molecule has 2 aromatic carbocycles. The van der Waals surface area contributed by atoms with E-state index in [1.807, 2.05) is 25.7 Å². The van der Waals surface area contributed by atoms with Crippen molar-refractivity contribution in [3.8, 4) is 35.4 Å². The van der Waals surface area contributed by atoms with Crippen LogP contribution in [0.15, 0.2) is 30.5 Å². The van der Waals surface area contributed by atoms with Gasteiger partial charge in [0.25, 0.3) is 5.92 Å². The Morgan fingerprint density at radius 3 is 2.47 bits per heavy atom. The van der Waals surface area contributed by atoms with Gasteiger partial charge in [0.1, 0.15) is 47.0 Å². The Bertz CT molecular complexity index is 2380. The number of piperazine rings is 1. The minimum Gasteiger partial charge on any atom is -0.468 e. The Morgan fingerprint density at radius 2 is 1.79 bits per heavy atom. The van der Waals surface area contributed by atoms with Crippen molar-refractivity contribution in [2.24, 2.45) is 5.41 Å². The lowest BCUT2D eigenvalue weighted by Crippen LogP contribution is -2.57. The van der Waals surface area contributed by atoms with Crippen LogP contribution in [0.3, 0.4) is 0 Å². The van der Waals surface area contributed by atoms with Crippen molar-refractivity contribution in [2.45, 2.75) is 88.2 Å². The topological polar surface area (TPSA) is 102 Å². The lowest BCUT2D eigenvalue weighted by atomic mass is 9.88. The summed E-state index contributed by atoms with van der Waals surface area (Å²) in [5.74, 6) is -1.45. The van der Waals surface area contributed by atoms with E-state index in [9.17, 15) is 18.0 Å². The van der Waals surface area contributed by atoms with E-state index in [1.165, 1.54) is 31.5 Å². The Balaban J connectivity index is 1.15. The number of carbonyl (C=O) groups is 1. The summed E-state index contributed by atoms with van der Waals surface area (Å²) in [4.78, 5) is 32.7. The zero-order valence-corrected chi connectivity index (χ0v) is 32.6. The number of anilines is 1. The smallest absolute Gasteiger partial charge is 0.410 e. The minimum absolute atomic E-state index is 0.00626. The van der Waals surface area contributed by atoms with Crippen LogP contribution in [0.2, 0.25) is 0 Å². The van der Waals surface area contributed by atoms with Crippen molar-refractivity contribution < 1.29 is 45.7 Å². The largest absolute Gasteiger partial charge is 0.468 e. The number of hydrogen-bond acceptors (Lipinski definition) is 10. The maximum absolute atomic E-state index is 17.4. The molecule has 0 radical (unpaired) electrons. The molecule has 1 amide bonds. The van der Waals surface area contributed by atoms with E-state index in [0.717, 1.165) is 0 Å². The molecule has 0 N–H and O–H groups in total. The highest BCUT2D eigenvalue weighted by molar-refractivity contribution is 6.03. The van der Waals surface area contributed by atoms with Gasteiger partial charge in [0, 0.05) is 63.3 Å². The maximum Gasteiger partial charge on any atom is 0.410 e. The molecule has 5 fully saturated rings. The van der Waals surface area contributed by atoms with Gasteiger partial charge in [-0.25, -0.2) is 26.7 Å². The fraction of sp³-hybridized carbons (Fsp3) is 0.524. The third-order valence-corrected chi connectivity index (χ3v) is 12.3. The number of ether oxygens (including phenoxy) is 4. The Labute approximate surface area is 331 Å². The van der Waals surface area contributed by atoms with Crippen molar-refractivity contribution >= 4 is 33.6 Å². The number of amides is 1. The van der Waals surface area contributed by atoms with Gasteiger partial charge in [-0.1, -0.05) is 12.0 Å². The van der Waals surface area contributed by atoms with E-state index in [-0.39, 0.29) is 109 Å². The van der Waals surface area contributed by atoms with Crippen molar-refractivity contribution in [2.75, 3.05) is 51.6 Å². The van der Waals surface area contributed by atoms with Crippen LogP contribution >= 0.6 is 0 Å². The molecule has 11 nitrogen and oxygen atoms in total. The van der Waals surface area contributed by atoms with Gasteiger partial charge < -0.3 is 23.8 Å². The summed E-state index contributed by atoms with van der Waals surface area (Å²) in [6.45, 7) is 5.85. The monoisotopic (exact) mass is 806 g/mol. The van der Waals surface area contributed by atoms with Crippen LogP contribution in [-0.2, 0) is 9.47 Å². The number of halogens is 5. The first-order valence-electron chi connectivity index (χ1n) is 19.4. The normalized spacial score (nSPS) is 27.3. The summed E-state index contributed by atoms with van der Waals surface area (Å²) in [5, 5.41) is 0.930. The zero-order valence-electron chi connectivity index (χ0n) is 32.6. The Hall–Kier alpha value is -5.01. The van der Waals surface area contributed by atoms with Crippen LogP contribution in [0.5, 0.6) is 11.8 Å². The zero-order chi connectivity index (χ0) is 40.9. The number of terminal acetylenes is 1. The SMILES string of the molecule is C#Cc1c(F)ccc2cc(OCOC)cc(-c3ncc4c(N5CC6CCC(C5)N6C(=O)OC(C)(C)C)nc(OC[C@@]56C[C@@H](F)CN5C[C@]5(CC5(F)F)C6)nc4c3F)c12. The minimum atomic E-state index is -2.84. The average molecular weight is 807 g/mol. The summed E-state index contributed by atoms with van der Waals surface area (Å²) < 4.78 is 99.6. The van der Waals surface area contributed by atoms with Crippen LogP contribution in [0, 0.1) is 29.4 Å². The molecule has 2 bridgehead atoms. The lowest BCUT2D eigenvalue weighted by Gasteiger charge is -2.42. The van der Waals surface area contributed by atoms with Crippen LogP contribution in [0.25, 0.3) is 32.9 Å². The first-order valence-corrected chi connectivity index (χ1v) is 19.4. The van der Waals surface area contributed by atoms with Crippen LogP contribution in [0.4, 0.5) is 32.6 Å². The second-order valence-electron chi connectivity index (χ2n) is 17.4. The third-order valence-electron chi connectivity index (χ3n) is 12.3. The predicted molar refractivity (Wildman–Crippen MR) is 204 cm³/mol. The molecule has 2 aromatic heterocycles. The van der Waals surface area contributed by atoms with Gasteiger partial charge in [-0.05, 0) is 63.6 Å². The number of hydrogen-bond donors (Lipinski definition) is 0. The van der Waals surface area contributed by atoms with Crippen molar-refractivity contribution in [1.29, 1.82) is 0 Å². The number of alkyl halides is 3. The fourth-order valence-electron chi connectivity index (χ4n) is 9.81. The van der Waals surface area contributed by atoms with Gasteiger partial charge in [0.05, 0.1) is 34.0 Å². The van der Waals surface area contributed by atoms with Crippen molar-refractivity contribution in [1.82, 2.24) is 24.8 Å². The van der Waals surface area contributed by atoms with Gasteiger partial charge >= 0.3 is 12.1 Å². The third kappa shape index (κ3) is 6.32. The highest BCUT2D eigenvalue weighted by Gasteiger charge is 2.77. The summed E-state index contributed by atoms with van der Waals surface area (Å²) in [6, 6.07) is 5.14. The molecule has 4 aromatic rings. The predicted octanol–water partition coefficient (Wildman–Crippen LogP) is 7.27. The molecule has 5 atom stereocenters. The lowest BCUT2D eigenvalue weighted by molar-refractivity contribution is 0.0122. The average Bonchev–Trinajstić information content (AvgIpc) is 3.35. The van der Waals surface area contributed by atoms with E-state index in [1.54, 1.807) is 15.9 Å². The molecule has 2 unspecified atom stereocenters. The maximum atomic E-state index is 17.4. The molecule has 16 heteroatoms.